The quantitative estimate of drug-likeness (QED) is 0.840. The summed E-state index contributed by atoms with van der Waals surface area (Å²) in [5, 5.41) is 2.66. The molecule has 0 aliphatic carbocycles. The fourth-order valence-corrected chi connectivity index (χ4v) is 4.60. The number of benzene rings is 1. The molecular formula is C18H22N4O4S. The van der Waals surface area contributed by atoms with Crippen molar-refractivity contribution in [2.24, 2.45) is 0 Å². The zero-order valence-corrected chi connectivity index (χ0v) is 16.1. The Morgan fingerprint density at radius 3 is 2.52 bits per heavy atom. The fraction of sp³-hybridized carbons (Fsp3) is 0.389. The molecular weight excluding hydrogens is 368 g/mol. The zero-order valence-electron chi connectivity index (χ0n) is 15.3. The van der Waals surface area contributed by atoms with Gasteiger partial charge in [-0.1, -0.05) is 6.42 Å². The van der Waals surface area contributed by atoms with Gasteiger partial charge in [0.25, 0.3) is 5.91 Å². The minimum atomic E-state index is -3.70. The third-order valence-corrected chi connectivity index (χ3v) is 6.29. The van der Waals surface area contributed by atoms with Crippen LogP contribution in [0.4, 0.5) is 5.69 Å². The summed E-state index contributed by atoms with van der Waals surface area (Å²) in [6, 6.07) is 4.54. The third kappa shape index (κ3) is 4.25. The van der Waals surface area contributed by atoms with Crippen LogP contribution in [0.2, 0.25) is 0 Å². The average molecular weight is 390 g/mol. The first-order chi connectivity index (χ1) is 12.9. The lowest BCUT2D eigenvalue weighted by molar-refractivity contribution is 0.102. The van der Waals surface area contributed by atoms with Crippen LogP contribution in [0, 0.1) is 6.92 Å². The van der Waals surface area contributed by atoms with Crippen LogP contribution in [0.25, 0.3) is 0 Å². The lowest BCUT2D eigenvalue weighted by Gasteiger charge is -2.26. The molecule has 2 aromatic rings. The number of sulfonamides is 1. The molecule has 0 radical (unpaired) electrons. The number of nitrogens with one attached hydrogen (secondary N) is 1. The maximum absolute atomic E-state index is 13.0. The average Bonchev–Trinajstić information content (AvgIpc) is 2.69. The largest absolute Gasteiger partial charge is 0.495 e. The number of carbonyl (C=O) groups excluding carboxylic acids is 1. The summed E-state index contributed by atoms with van der Waals surface area (Å²) in [4.78, 5) is 20.4. The summed E-state index contributed by atoms with van der Waals surface area (Å²) in [7, 11) is -2.28. The van der Waals surface area contributed by atoms with Crippen molar-refractivity contribution in [1.82, 2.24) is 14.3 Å². The third-order valence-electron chi connectivity index (χ3n) is 4.37. The van der Waals surface area contributed by atoms with Crippen LogP contribution in [0.1, 0.15) is 35.4 Å². The molecule has 8 nitrogen and oxygen atoms in total. The van der Waals surface area contributed by atoms with E-state index in [1.54, 1.807) is 13.0 Å². The molecule has 27 heavy (non-hydrogen) atoms. The van der Waals surface area contributed by atoms with Gasteiger partial charge in [0.2, 0.25) is 10.0 Å². The zero-order chi connectivity index (χ0) is 19.4. The number of carbonyl (C=O) groups is 1. The van der Waals surface area contributed by atoms with Crippen molar-refractivity contribution < 1.29 is 17.9 Å². The standard InChI is InChI=1S/C18H22N4O4S/c1-13-11-20-15(12-19-13)18(23)21-14-6-7-16(26-2)17(10-14)27(24,25)22-8-4-3-5-9-22/h6-7,10-12H,3-5,8-9H2,1-2H3,(H,21,23). The number of aryl methyl sites for hydroxylation is 1. The maximum Gasteiger partial charge on any atom is 0.275 e. The van der Waals surface area contributed by atoms with Crippen molar-refractivity contribution in [3.63, 3.8) is 0 Å². The molecule has 1 aromatic carbocycles. The maximum atomic E-state index is 13.0. The van der Waals surface area contributed by atoms with Crippen LogP contribution in [-0.4, -0.2) is 48.8 Å². The second kappa shape index (κ2) is 8.01. The van der Waals surface area contributed by atoms with E-state index in [4.69, 9.17) is 4.74 Å². The van der Waals surface area contributed by atoms with E-state index < -0.39 is 15.9 Å². The van der Waals surface area contributed by atoms with Gasteiger partial charge in [-0.05, 0) is 38.0 Å². The number of methoxy groups -OCH3 is 1. The first-order valence-electron chi connectivity index (χ1n) is 8.70. The van der Waals surface area contributed by atoms with Gasteiger partial charge >= 0.3 is 0 Å². The second-order valence-corrected chi connectivity index (χ2v) is 8.23. The Labute approximate surface area is 158 Å². The number of amides is 1. The highest BCUT2D eigenvalue weighted by Crippen LogP contribution is 2.31. The van der Waals surface area contributed by atoms with Gasteiger partial charge in [-0.15, -0.1) is 0 Å². The van der Waals surface area contributed by atoms with Gasteiger partial charge in [0.05, 0.1) is 19.0 Å². The van der Waals surface area contributed by atoms with E-state index in [0.717, 1.165) is 19.3 Å². The highest BCUT2D eigenvalue weighted by atomic mass is 32.2. The molecule has 144 valence electrons. The van der Waals surface area contributed by atoms with Gasteiger partial charge in [-0.25, -0.2) is 13.4 Å². The molecule has 2 heterocycles. The molecule has 1 saturated heterocycles. The molecule has 0 spiro atoms. The van der Waals surface area contributed by atoms with E-state index in [-0.39, 0.29) is 16.3 Å². The van der Waals surface area contributed by atoms with Gasteiger partial charge in [-0.2, -0.15) is 4.31 Å². The number of piperidine rings is 1. The number of nitrogens with zero attached hydrogens (tertiary/aromatic N) is 3. The summed E-state index contributed by atoms with van der Waals surface area (Å²) in [5.74, 6) is -0.220. The Bertz CT molecular complexity index is 923. The first kappa shape index (κ1) is 19.2. The van der Waals surface area contributed by atoms with Crippen molar-refractivity contribution in [3.05, 3.63) is 42.0 Å². The van der Waals surface area contributed by atoms with Crippen molar-refractivity contribution in [3.8, 4) is 5.75 Å². The SMILES string of the molecule is COc1ccc(NC(=O)c2cnc(C)cn2)cc1S(=O)(=O)N1CCCCC1. The second-order valence-electron chi connectivity index (χ2n) is 6.33. The molecule has 1 fully saturated rings. The molecule has 3 rings (SSSR count). The lowest BCUT2D eigenvalue weighted by atomic mass is 10.2. The molecule has 1 aliphatic heterocycles. The summed E-state index contributed by atoms with van der Waals surface area (Å²) in [5.41, 5.74) is 1.20. The van der Waals surface area contributed by atoms with Crippen molar-refractivity contribution in [2.75, 3.05) is 25.5 Å². The van der Waals surface area contributed by atoms with E-state index >= 15 is 0 Å². The number of hydrogen-bond donors (Lipinski definition) is 1. The summed E-state index contributed by atoms with van der Waals surface area (Å²) in [6.07, 6.45) is 5.57. The Kier molecular flexibility index (Phi) is 5.71. The summed E-state index contributed by atoms with van der Waals surface area (Å²) in [6.45, 7) is 2.75. The number of ether oxygens (including phenoxy) is 1. The summed E-state index contributed by atoms with van der Waals surface area (Å²) < 4.78 is 32.7. The molecule has 1 amide bonds. The van der Waals surface area contributed by atoms with E-state index in [0.29, 0.717) is 24.5 Å². The highest BCUT2D eigenvalue weighted by Gasteiger charge is 2.29. The normalized spacial score (nSPS) is 15.3. The Morgan fingerprint density at radius 2 is 1.89 bits per heavy atom. The van der Waals surface area contributed by atoms with Crippen molar-refractivity contribution in [2.45, 2.75) is 31.1 Å². The monoisotopic (exact) mass is 390 g/mol. The molecule has 0 atom stereocenters. The number of aromatic nitrogens is 2. The molecule has 0 bridgehead atoms. The lowest BCUT2D eigenvalue weighted by Crippen LogP contribution is -2.35. The summed E-state index contributed by atoms with van der Waals surface area (Å²) >= 11 is 0. The van der Waals surface area contributed by atoms with Gasteiger partial charge in [0.1, 0.15) is 16.3 Å². The minimum Gasteiger partial charge on any atom is -0.495 e. The van der Waals surface area contributed by atoms with Crippen LogP contribution in [0.5, 0.6) is 5.75 Å². The van der Waals surface area contributed by atoms with Gasteiger partial charge in [0.15, 0.2) is 0 Å². The van der Waals surface area contributed by atoms with E-state index in [2.05, 4.69) is 15.3 Å². The van der Waals surface area contributed by atoms with E-state index in [1.807, 2.05) is 0 Å². The first-order valence-corrected chi connectivity index (χ1v) is 10.1. The Hall–Kier alpha value is -2.52. The minimum absolute atomic E-state index is 0.0414. The molecule has 0 saturated carbocycles. The predicted molar refractivity (Wildman–Crippen MR) is 100 cm³/mol. The Balaban J connectivity index is 1.89. The highest BCUT2D eigenvalue weighted by molar-refractivity contribution is 7.89. The fourth-order valence-electron chi connectivity index (χ4n) is 2.91. The van der Waals surface area contributed by atoms with Crippen LogP contribution >= 0.6 is 0 Å². The van der Waals surface area contributed by atoms with E-state index in [1.165, 1.54) is 35.9 Å². The van der Waals surface area contributed by atoms with Gasteiger partial charge in [0, 0.05) is 25.0 Å². The number of anilines is 1. The van der Waals surface area contributed by atoms with Gasteiger partial charge in [-0.3, -0.25) is 9.78 Å². The Morgan fingerprint density at radius 1 is 1.15 bits per heavy atom. The van der Waals surface area contributed by atoms with Crippen LogP contribution in [0.15, 0.2) is 35.5 Å². The van der Waals surface area contributed by atoms with Crippen molar-refractivity contribution >= 4 is 21.6 Å². The number of rotatable bonds is 5. The smallest absolute Gasteiger partial charge is 0.275 e. The van der Waals surface area contributed by atoms with Crippen LogP contribution < -0.4 is 10.1 Å². The molecule has 1 aliphatic rings. The molecule has 1 N–H and O–H groups in total. The van der Waals surface area contributed by atoms with Crippen LogP contribution in [-0.2, 0) is 10.0 Å². The predicted octanol–water partition coefficient (Wildman–Crippen LogP) is 2.22. The molecule has 1 aromatic heterocycles. The topological polar surface area (TPSA) is 101 Å². The van der Waals surface area contributed by atoms with Crippen molar-refractivity contribution in [1.29, 1.82) is 0 Å². The molecule has 0 unspecified atom stereocenters. The molecule has 9 heteroatoms. The number of hydrogen-bond acceptors (Lipinski definition) is 6. The van der Waals surface area contributed by atoms with Crippen LogP contribution in [0.3, 0.4) is 0 Å². The van der Waals surface area contributed by atoms with Gasteiger partial charge < -0.3 is 10.1 Å². The van der Waals surface area contributed by atoms with E-state index in [9.17, 15) is 13.2 Å².